The van der Waals surface area contributed by atoms with E-state index in [4.69, 9.17) is 5.11 Å². The summed E-state index contributed by atoms with van der Waals surface area (Å²) in [7, 11) is 0. The first-order valence-electron chi connectivity index (χ1n) is 5.51. The molecule has 1 aromatic rings. The van der Waals surface area contributed by atoms with Gasteiger partial charge < -0.3 is 20.1 Å². The number of anilines is 1. The fraction of sp³-hybridized carbons (Fsp3) is 0.636. The molecule has 0 fully saturated rings. The standard InChI is InChI=1S/C11H19N3O3/c1-8(2)14-5-4-12-9(10(14)16)13-6-11(3,17)7-15/h4-5,8,15,17H,6-7H2,1-3H3,(H,12,13). The van der Waals surface area contributed by atoms with Gasteiger partial charge in [0.15, 0.2) is 5.82 Å². The lowest BCUT2D eigenvalue weighted by Gasteiger charge is -2.21. The van der Waals surface area contributed by atoms with Gasteiger partial charge in [-0.05, 0) is 20.8 Å². The van der Waals surface area contributed by atoms with Crippen molar-refractivity contribution in [3.05, 3.63) is 22.7 Å². The van der Waals surface area contributed by atoms with Gasteiger partial charge in [0.05, 0.1) is 6.61 Å². The van der Waals surface area contributed by atoms with Gasteiger partial charge in [-0.1, -0.05) is 0 Å². The van der Waals surface area contributed by atoms with Gasteiger partial charge in [-0.25, -0.2) is 4.98 Å². The Hall–Kier alpha value is -1.40. The van der Waals surface area contributed by atoms with Crippen LogP contribution in [0.5, 0.6) is 0 Å². The fourth-order valence-corrected chi connectivity index (χ4v) is 1.28. The van der Waals surface area contributed by atoms with Crippen molar-refractivity contribution >= 4 is 5.82 Å². The Kier molecular flexibility index (Phi) is 4.25. The summed E-state index contributed by atoms with van der Waals surface area (Å²) in [5, 5.41) is 21.2. The van der Waals surface area contributed by atoms with Crippen LogP contribution in [0.3, 0.4) is 0 Å². The Morgan fingerprint density at radius 3 is 2.76 bits per heavy atom. The molecule has 6 heteroatoms. The summed E-state index contributed by atoms with van der Waals surface area (Å²) >= 11 is 0. The topological polar surface area (TPSA) is 87.4 Å². The van der Waals surface area contributed by atoms with E-state index in [0.29, 0.717) is 0 Å². The van der Waals surface area contributed by atoms with Gasteiger partial charge in [0.25, 0.3) is 5.56 Å². The van der Waals surface area contributed by atoms with E-state index in [1.165, 1.54) is 13.1 Å². The maximum Gasteiger partial charge on any atom is 0.293 e. The van der Waals surface area contributed by atoms with Crippen molar-refractivity contribution in [1.82, 2.24) is 9.55 Å². The molecule has 1 heterocycles. The summed E-state index contributed by atoms with van der Waals surface area (Å²) in [5.41, 5.74) is -1.51. The summed E-state index contributed by atoms with van der Waals surface area (Å²) in [5.74, 6) is 0.176. The average Bonchev–Trinajstić information content (AvgIpc) is 2.27. The number of aromatic nitrogens is 2. The SMILES string of the molecule is CC(C)n1ccnc(NCC(C)(O)CO)c1=O. The van der Waals surface area contributed by atoms with Crippen LogP contribution in [0.2, 0.25) is 0 Å². The van der Waals surface area contributed by atoms with Gasteiger partial charge in [0.1, 0.15) is 5.60 Å². The summed E-state index contributed by atoms with van der Waals surface area (Å²) < 4.78 is 1.54. The number of nitrogens with zero attached hydrogens (tertiary/aromatic N) is 2. The molecule has 96 valence electrons. The van der Waals surface area contributed by atoms with Crippen LogP contribution in [-0.2, 0) is 0 Å². The molecule has 17 heavy (non-hydrogen) atoms. The molecule has 1 aromatic heterocycles. The van der Waals surface area contributed by atoms with Gasteiger partial charge in [-0.2, -0.15) is 0 Å². The molecule has 1 unspecified atom stereocenters. The second kappa shape index (κ2) is 5.29. The Balaban J connectivity index is 2.86. The molecule has 0 aliphatic heterocycles. The molecule has 0 saturated carbocycles. The van der Waals surface area contributed by atoms with Crippen LogP contribution in [0, 0.1) is 0 Å². The molecule has 0 amide bonds. The van der Waals surface area contributed by atoms with Crippen LogP contribution < -0.4 is 10.9 Å². The zero-order chi connectivity index (χ0) is 13.1. The van der Waals surface area contributed by atoms with E-state index in [0.717, 1.165) is 0 Å². The molecule has 6 nitrogen and oxygen atoms in total. The summed E-state index contributed by atoms with van der Waals surface area (Å²) in [4.78, 5) is 15.8. The zero-order valence-corrected chi connectivity index (χ0v) is 10.3. The van der Waals surface area contributed by atoms with Gasteiger partial charge >= 0.3 is 0 Å². The summed E-state index contributed by atoms with van der Waals surface area (Å²) in [6, 6.07) is 0.0457. The normalized spacial score (nSPS) is 14.7. The van der Waals surface area contributed by atoms with E-state index in [1.54, 1.807) is 10.8 Å². The van der Waals surface area contributed by atoms with Crippen molar-refractivity contribution in [2.45, 2.75) is 32.4 Å². The minimum atomic E-state index is -1.27. The van der Waals surface area contributed by atoms with E-state index >= 15 is 0 Å². The van der Waals surface area contributed by atoms with E-state index in [2.05, 4.69) is 10.3 Å². The Morgan fingerprint density at radius 2 is 2.24 bits per heavy atom. The predicted molar refractivity (Wildman–Crippen MR) is 65.1 cm³/mol. The van der Waals surface area contributed by atoms with Gasteiger partial charge in [0, 0.05) is 25.0 Å². The third-order valence-corrected chi connectivity index (χ3v) is 2.40. The van der Waals surface area contributed by atoms with Gasteiger partial charge in [0.2, 0.25) is 0 Å². The van der Waals surface area contributed by atoms with Crippen molar-refractivity contribution < 1.29 is 10.2 Å². The molecule has 3 N–H and O–H groups in total. The highest BCUT2D eigenvalue weighted by Gasteiger charge is 2.19. The third-order valence-electron chi connectivity index (χ3n) is 2.40. The maximum atomic E-state index is 11.9. The third kappa shape index (κ3) is 3.54. The average molecular weight is 241 g/mol. The molecular weight excluding hydrogens is 222 g/mol. The van der Waals surface area contributed by atoms with E-state index in [9.17, 15) is 9.90 Å². The molecule has 0 aliphatic carbocycles. The van der Waals surface area contributed by atoms with Crippen LogP contribution in [-0.4, -0.2) is 38.5 Å². The Bertz CT molecular complexity index is 426. The lowest BCUT2D eigenvalue weighted by Crippen LogP contribution is -2.39. The highest BCUT2D eigenvalue weighted by Crippen LogP contribution is 2.04. The van der Waals surface area contributed by atoms with Crippen LogP contribution in [0.15, 0.2) is 17.2 Å². The molecule has 0 spiro atoms. The molecule has 0 radical (unpaired) electrons. The fourth-order valence-electron chi connectivity index (χ4n) is 1.28. The maximum absolute atomic E-state index is 11.9. The van der Waals surface area contributed by atoms with Gasteiger partial charge in [-0.15, -0.1) is 0 Å². The smallest absolute Gasteiger partial charge is 0.293 e. The number of hydrogen-bond donors (Lipinski definition) is 3. The highest BCUT2D eigenvalue weighted by atomic mass is 16.3. The molecule has 1 atom stereocenters. The lowest BCUT2D eigenvalue weighted by atomic mass is 10.1. The van der Waals surface area contributed by atoms with Gasteiger partial charge in [-0.3, -0.25) is 4.79 Å². The van der Waals surface area contributed by atoms with Crippen molar-refractivity contribution in [2.24, 2.45) is 0 Å². The summed E-state index contributed by atoms with van der Waals surface area (Å²) in [6.45, 7) is 4.95. The van der Waals surface area contributed by atoms with E-state index < -0.39 is 5.60 Å². The second-order valence-electron chi connectivity index (χ2n) is 4.59. The van der Waals surface area contributed by atoms with Crippen LogP contribution in [0.25, 0.3) is 0 Å². The number of rotatable bonds is 5. The number of aliphatic hydroxyl groups is 2. The van der Waals surface area contributed by atoms with Crippen molar-refractivity contribution in [1.29, 1.82) is 0 Å². The highest BCUT2D eigenvalue weighted by molar-refractivity contribution is 5.31. The van der Waals surface area contributed by atoms with Crippen LogP contribution in [0.1, 0.15) is 26.8 Å². The van der Waals surface area contributed by atoms with Crippen LogP contribution >= 0.6 is 0 Å². The van der Waals surface area contributed by atoms with E-state index in [1.807, 2.05) is 13.8 Å². The zero-order valence-electron chi connectivity index (χ0n) is 10.3. The first-order chi connectivity index (χ1) is 7.87. The van der Waals surface area contributed by atoms with Crippen molar-refractivity contribution in [3.8, 4) is 0 Å². The summed E-state index contributed by atoms with van der Waals surface area (Å²) in [6.07, 6.45) is 3.14. The Morgan fingerprint density at radius 1 is 1.59 bits per heavy atom. The molecule has 0 saturated heterocycles. The molecule has 1 rings (SSSR count). The monoisotopic (exact) mass is 241 g/mol. The first kappa shape index (κ1) is 13.7. The molecule has 0 bridgehead atoms. The first-order valence-corrected chi connectivity index (χ1v) is 5.51. The quantitative estimate of drug-likeness (QED) is 0.674. The predicted octanol–water partition coefficient (Wildman–Crippen LogP) is -0.0206. The Labute approximate surface area is 99.9 Å². The minimum absolute atomic E-state index is 0.0457. The molecule has 0 aliphatic rings. The molecular formula is C11H19N3O3. The minimum Gasteiger partial charge on any atom is -0.393 e. The number of aliphatic hydroxyl groups excluding tert-OH is 1. The van der Waals surface area contributed by atoms with Crippen molar-refractivity contribution in [2.75, 3.05) is 18.5 Å². The number of nitrogens with one attached hydrogen (secondary N) is 1. The largest absolute Gasteiger partial charge is 0.393 e. The van der Waals surface area contributed by atoms with Crippen molar-refractivity contribution in [3.63, 3.8) is 0 Å². The molecule has 0 aromatic carbocycles. The number of hydrogen-bond acceptors (Lipinski definition) is 5. The lowest BCUT2D eigenvalue weighted by molar-refractivity contribution is 0.0131. The van der Waals surface area contributed by atoms with Crippen LogP contribution in [0.4, 0.5) is 5.82 Å². The second-order valence-corrected chi connectivity index (χ2v) is 4.59. The van der Waals surface area contributed by atoms with E-state index in [-0.39, 0.29) is 30.6 Å².